The Morgan fingerprint density at radius 1 is 1.00 bits per heavy atom. The van der Waals surface area contributed by atoms with E-state index in [1.54, 1.807) is 13.1 Å². The van der Waals surface area contributed by atoms with E-state index < -0.39 is 47.9 Å². The number of nitrogens with two attached hydrogens (primary N) is 3. The number of aliphatic imine (C=N–C) groups is 1. The van der Waals surface area contributed by atoms with Crippen molar-refractivity contribution in [2.24, 2.45) is 28.1 Å². The van der Waals surface area contributed by atoms with Crippen LogP contribution in [0.1, 0.15) is 44.4 Å². The molecule has 0 aliphatic rings. The Morgan fingerprint density at radius 2 is 1.68 bits per heavy atom. The van der Waals surface area contributed by atoms with Gasteiger partial charge in [-0.3, -0.25) is 19.4 Å². The van der Waals surface area contributed by atoms with Gasteiger partial charge in [0, 0.05) is 48.4 Å². The van der Waals surface area contributed by atoms with Gasteiger partial charge >= 0.3 is 5.97 Å². The molecular formula is C29H42N10O5. The average Bonchev–Trinajstić information content (AvgIpc) is 3.66. The number of imidazole rings is 1. The first-order valence-electron chi connectivity index (χ1n) is 14.5. The molecule has 1 aromatic carbocycles. The summed E-state index contributed by atoms with van der Waals surface area (Å²) in [5, 5.41) is 18.7. The van der Waals surface area contributed by atoms with Crippen molar-refractivity contribution in [3.8, 4) is 0 Å². The van der Waals surface area contributed by atoms with E-state index in [-0.39, 0.29) is 31.1 Å². The molecule has 5 unspecified atom stereocenters. The summed E-state index contributed by atoms with van der Waals surface area (Å²) in [4.78, 5) is 66.2. The lowest BCUT2D eigenvalue weighted by Gasteiger charge is -2.26. The molecule has 3 rings (SSSR count). The first-order valence-corrected chi connectivity index (χ1v) is 14.5. The van der Waals surface area contributed by atoms with Gasteiger partial charge in [-0.2, -0.15) is 0 Å². The highest BCUT2D eigenvalue weighted by molar-refractivity contribution is 5.95. The molecule has 238 valence electrons. The number of hydrogen-bond acceptors (Lipinski definition) is 7. The number of H-pyrrole nitrogens is 2. The highest BCUT2D eigenvalue weighted by atomic mass is 16.4. The van der Waals surface area contributed by atoms with Crippen LogP contribution in [0, 0.1) is 5.92 Å². The number of carbonyl (C=O) groups is 4. The first-order chi connectivity index (χ1) is 21.0. The third kappa shape index (κ3) is 9.55. The van der Waals surface area contributed by atoms with Crippen molar-refractivity contribution in [2.75, 3.05) is 6.54 Å². The van der Waals surface area contributed by atoms with Crippen LogP contribution in [0.15, 0.2) is 48.0 Å². The Bertz CT molecular complexity index is 1430. The number of aromatic nitrogens is 3. The summed E-state index contributed by atoms with van der Waals surface area (Å²) in [7, 11) is 0. The van der Waals surface area contributed by atoms with Gasteiger partial charge in [-0.15, -0.1) is 0 Å². The molecule has 0 radical (unpaired) electrons. The van der Waals surface area contributed by atoms with Gasteiger partial charge in [-0.05, 0) is 30.4 Å². The van der Waals surface area contributed by atoms with Crippen molar-refractivity contribution >= 4 is 40.6 Å². The van der Waals surface area contributed by atoms with E-state index in [1.165, 1.54) is 12.5 Å². The van der Waals surface area contributed by atoms with Gasteiger partial charge in [0.05, 0.1) is 12.4 Å². The molecule has 3 amide bonds. The van der Waals surface area contributed by atoms with Gasteiger partial charge < -0.3 is 48.2 Å². The van der Waals surface area contributed by atoms with Crippen LogP contribution in [-0.4, -0.2) is 80.4 Å². The Kier molecular flexibility index (Phi) is 12.3. The van der Waals surface area contributed by atoms with E-state index in [0.29, 0.717) is 25.1 Å². The number of aromatic amines is 2. The minimum Gasteiger partial charge on any atom is -0.480 e. The van der Waals surface area contributed by atoms with E-state index in [9.17, 15) is 24.3 Å². The maximum atomic E-state index is 13.7. The van der Waals surface area contributed by atoms with E-state index in [4.69, 9.17) is 17.2 Å². The maximum Gasteiger partial charge on any atom is 0.326 e. The van der Waals surface area contributed by atoms with E-state index in [0.717, 1.165) is 16.5 Å². The minimum atomic E-state index is -1.18. The lowest BCUT2D eigenvalue weighted by molar-refractivity contribution is -0.143. The number of aliphatic carboxylic acids is 1. The number of rotatable bonds is 17. The van der Waals surface area contributed by atoms with Gasteiger partial charge in [-0.1, -0.05) is 38.5 Å². The van der Waals surface area contributed by atoms with Crippen LogP contribution < -0.4 is 33.2 Å². The standard InChI is InChI=1S/C29H42N10O5/c1-3-16(2)24(28(43)44)39-27(42)22(11-17-13-35-21-9-5-4-7-19(17)21)38-26(41)23(12-18-14-33-15-36-18)37-25(40)20(30)8-6-10-34-29(31)32/h4-5,7,9,13-16,20,22-24,35H,3,6,8,10-12,30H2,1-2H3,(H,33,36)(H,37,40)(H,38,41)(H,39,42)(H,43,44)(H4,31,32,34). The number of hydrogen-bond donors (Lipinski definition) is 9. The van der Waals surface area contributed by atoms with Crippen molar-refractivity contribution in [3.63, 3.8) is 0 Å². The summed E-state index contributed by atoms with van der Waals surface area (Å²) in [6.45, 7) is 3.84. The molecule has 0 fully saturated rings. The Balaban J connectivity index is 1.84. The largest absolute Gasteiger partial charge is 0.480 e. The van der Waals surface area contributed by atoms with Gasteiger partial charge in [0.2, 0.25) is 17.7 Å². The fraction of sp³-hybridized carbons (Fsp3) is 0.448. The zero-order chi connectivity index (χ0) is 32.2. The highest BCUT2D eigenvalue weighted by Gasteiger charge is 2.32. The summed E-state index contributed by atoms with van der Waals surface area (Å²) in [5.41, 5.74) is 18.9. The van der Waals surface area contributed by atoms with E-state index in [2.05, 4.69) is 35.9 Å². The second-order valence-electron chi connectivity index (χ2n) is 10.7. The fourth-order valence-corrected chi connectivity index (χ4v) is 4.69. The summed E-state index contributed by atoms with van der Waals surface area (Å²) < 4.78 is 0. The number of nitrogens with zero attached hydrogens (tertiary/aromatic N) is 2. The third-order valence-electron chi connectivity index (χ3n) is 7.42. The van der Waals surface area contributed by atoms with Gasteiger partial charge in [0.15, 0.2) is 5.96 Å². The quantitative estimate of drug-likeness (QED) is 0.0548. The number of carbonyl (C=O) groups excluding carboxylic acids is 3. The van der Waals surface area contributed by atoms with Crippen molar-refractivity contribution in [1.82, 2.24) is 30.9 Å². The number of carboxylic acids is 1. The van der Waals surface area contributed by atoms with Crippen molar-refractivity contribution < 1.29 is 24.3 Å². The predicted octanol–water partition coefficient (Wildman–Crippen LogP) is -0.358. The maximum absolute atomic E-state index is 13.7. The minimum absolute atomic E-state index is 0.0321. The number of nitrogens with one attached hydrogen (secondary N) is 5. The highest BCUT2D eigenvalue weighted by Crippen LogP contribution is 2.20. The lowest BCUT2D eigenvalue weighted by Crippen LogP contribution is -2.58. The zero-order valence-corrected chi connectivity index (χ0v) is 24.9. The molecular weight excluding hydrogens is 568 g/mol. The number of guanidine groups is 1. The molecule has 15 nitrogen and oxygen atoms in total. The molecule has 0 aliphatic carbocycles. The van der Waals surface area contributed by atoms with Crippen LogP contribution in [0.2, 0.25) is 0 Å². The zero-order valence-electron chi connectivity index (χ0n) is 24.9. The summed E-state index contributed by atoms with van der Waals surface area (Å²) >= 11 is 0. The topological polar surface area (TPSA) is 259 Å². The van der Waals surface area contributed by atoms with Gasteiger partial charge in [0.25, 0.3) is 0 Å². The van der Waals surface area contributed by atoms with Gasteiger partial charge in [0.1, 0.15) is 18.1 Å². The summed E-state index contributed by atoms with van der Waals surface area (Å²) in [6, 6.07) is 3.08. The van der Waals surface area contributed by atoms with Crippen molar-refractivity contribution in [3.05, 3.63) is 54.2 Å². The normalized spacial score (nSPS) is 14.5. The van der Waals surface area contributed by atoms with Crippen molar-refractivity contribution in [1.29, 1.82) is 0 Å². The first kappa shape index (κ1) is 33.6. The lowest BCUT2D eigenvalue weighted by atomic mass is 9.97. The smallest absolute Gasteiger partial charge is 0.326 e. The van der Waals surface area contributed by atoms with Crippen LogP contribution in [-0.2, 0) is 32.0 Å². The van der Waals surface area contributed by atoms with Crippen LogP contribution in [0.3, 0.4) is 0 Å². The summed E-state index contributed by atoms with van der Waals surface area (Å²) in [5.74, 6) is -3.50. The monoisotopic (exact) mass is 610 g/mol. The Hall–Kier alpha value is -4.92. The molecule has 5 atom stereocenters. The third-order valence-corrected chi connectivity index (χ3v) is 7.42. The van der Waals surface area contributed by atoms with Gasteiger partial charge in [-0.25, -0.2) is 9.78 Å². The molecule has 44 heavy (non-hydrogen) atoms. The molecule has 15 heteroatoms. The van der Waals surface area contributed by atoms with E-state index >= 15 is 0 Å². The molecule has 2 aromatic heterocycles. The second kappa shape index (κ2) is 16.1. The number of para-hydroxylation sites is 1. The predicted molar refractivity (Wildman–Crippen MR) is 165 cm³/mol. The Labute approximate surface area is 254 Å². The summed E-state index contributed by atoms with van der Waals surface area (Å²) in [6.07, 6.45) is 6.01. The molecule has 0 spiro atoms. The molecule has 0 saturated heterocycles. The van der Waals surface area contributed by atoms with Crippen LogP contribution >= 0.6 is 0 Å². The van der Waals surface area contributed by atoms with Crippen LogP contribution in [0.4, 0.5) is 0 Å². The van der Waals surface area contributed by atoms with Crippen LogP contribution in [0.25, 0.3) is 10.9 Å². The number of benzene rings is 1. The van der Waals surface area contributed by atoms with E-state index in [1.807, 2.05) is 31.2 Å². The van der Waals surface area contributed by atoms with Crippen molar-refractivity contribution in [2.45, 2.75) is 70.1 Å². The average molecular weight is 611 g/mol. The molecule has 0 bridgehead atoms. The number of amides is 3. The van der Waals surface area contributed by atoms with Crippen LogP contribution in [0.5, 0.6) is 0 Å². The molecule has 0 aliphatic heterocycles. The molecule has 3 aromatic rings. The fourth-order valence-electron chi connectivity index (χ4n) is 4.69. The molecule has 12 N–H and O–H groups in total. The SMILES string of the molecule is CCC(C)C(NC(=O)C(Cc1c[nH]c2ccccc12)NC(=O)C(Cc1cnc[nH]1)NC(=O)C(N)CCCN=C(N)N)C(=O)O. The number of carboxylic acid groups (broad SMARTS) is 1. The number of fused-ring (bicyclic) bond motifs is 1. The second-order valence-corrected chi connectivity index (χ2v) is 10.7. The molecule has 0 saturated carbocycles. The Morgan fingerprint density at radius 3 is 2.34 bits per heavy atom. The molecule has 2 heterocycles.